The Bertz CT molecular complexity index is 380. The third-order valence-corrected chi connectivity index (χ3v) is 2.51. The van der Waals surface area contributed by atoms with Crippen molar-refractivity contribution in [1.29, 1.82) is 0 Å². The van der Waals surface area contributed by atoms with Crippen molar-refractivity contribution in [2.75, 3.05) is 13.7 Å². The van der Waals surface area contributed by atoms with E-state index in [2.05, 4.69) is 28.0 Å². The summed E-state index contributed by atoms with van der Waals surface area (Å²) in [6.07, 6.45) is 2.50. The zero-order chi connectivity index (χ0) is 12.0. The second-order valence-corrected chi connectivity index (χ2v) is 4.02. The summed E-state index contributed by atoms with van der Waals surface area (Å²) in [6, 6.07) is 3.70. The summed E-state index contributed by atoms with van der Waals surface area (Å²) in [5.74, 6) is 6.47. The molecule has 2 N–H and O–H groups in total. The average molecular weight is 287 g/mol. The smallest absolute Gasteiger partial charge is 0.175 e. The van der Waals surface area contributed by atoms with Gasteiger partial charge in [0.1, 0.15) is 0 Å². The summed E-state index contributed by atoms with van der Waals surface area (Å²) in [5.41, 5.74) is 0.857. The molecule has 0 aromatic heterocycles. The van der Waals surface area contributed by atoms with Crippen LogP contribution < -0.4 is 15.3 Å². The number of benzene rings is 1. The van der Waals surface area contributed by atoms with Gasteiger partial charge in [0.05, 0.1) is 24.4 Å². The minimum atomic E-state index is 0.652. The molecule has 0 unspecified atom stereocenters. The van der Waals surface area contributed by atoms with Gasteiger partial charge in [-0.15, -0.1) is 0 Å². The quantitative estimate of drug-likeness (QED) is 0.514. The van der Waals surface area contributed by atoms with Gasteiger partial charge >= 0.3 is 0 Å². The van der Waals surface area contributed by atoms with Crippen molar-refractivity contribution < 1.29 is 9.47 Å². The van der Waals surface area contributed by atoms with Crippen molar-refractivity contribution in [3.8, 4) is 11.5 Å². The lowest BCUT2D eigenvalue weighted by atomic mass is 10.2. The Morgan fingerprint density at radius 1 is 1.50 bits per heavy atom. The van der Waals surface area contributed by atoms with Crippen molar-refractivity contribution in [2.24, 2.45) is 10.9 Å². The third kappa shape index (κ3) is 3.13. The van der Waals surface area contributed by atoms with Crippen molar-refractivity contribution >= 4 is 22.1 Å². The molecule has 1 aromatic carbocycles. The van der Waals surface area contributed by atoms with Gasteiger partial charge < -0.3 is 15.3 Å². The molecule has 0 bridgehead atoms. The van der Waals surface area contributed by atoms with Crippen LogP contribution in [0.1, 0.15) is 18.9 Å². The van der Waals surface area contributed by atoms with Crippen molar-refractivity contribution in [1.82, 2.24) is 0 Å². The van der Waals surface area contributed by atoms with Crippen LogP contribution in [0.4, 0.5) is 0 Å². The first kappa shape index (κ1) is 12.8. The van der Waals surface area contributed by atoms with Crippen LogP contribution in [0, 0.1) is 0 Å². The predicted octanol–water partition coefficient (Wildman–Crippen LogP) is 2.54. The highest BCUT2D eigenvalue weighted by Crippen LogP contribution is 2.36. The van der Waals surface area contributed by atoms with E-state index in [0.29, 0.717) is 18.1 Å². The molecule has 0 heterocycles. The molecular formula is C11H15BrN2O2. The Labute approximate surface area is 104 Å². The first-order valence-electron chi connectivity index (χ1n) is 4.96. The largest absolute Gasteiger partial charge is 0.493 e. The van der Waals surface area contributed by atoms with Crippen LogP contribution in [0.3, 0.4) is 0 Å². The van der Waals surface area contributed by atoms with Crippen molar-refractivity contribution in [3.05, 3.63) is 22.2 Å². The van der Waals surface area contributed by atoms with Crippen LogP contribution >= 0.6 is 15.9 Å². The maximum Gasteiger partial charge on any atom is 0.175 e. The Kier molecular flexibility index (Phi) is 5.11. The van der Waals surface area contributed by atoms with E-state index in [0.717, 1.165) is 16.5 Å². The number of rotatable bonds is 5. The highest BCUT2D eigenvalue weighted by Gasteiger charge is 2.10. The van der Waals surface area contributed by atoms with Gasteiger partial charge in [0.2, 0.25) is 0 Å². The molecule has 0 atom stereocenters. The maximum absolute atomic E-state index is 5.59. The maximum atomic E-state index is 5.59. The fraction of sp³-hybridized carbons (Fsp3) is 0.364. The molecule has 5 heteroatoms. The SMILES string of the molecule is CCCOc1c(Br)cc(C=NN)cc1OC. The van der Waals surface area contributed by atoms with Crippen LogP contribution in [0.15, 0.2) is 21.7 Å². The molecule has 4 nitrogen and oxygen atoms in total. The number of nitrogens with zero attached hydrogens (tertiary/aromatic N) is 1. The number of hydrazone groups is 1. The Balaban J connectivity index is 3.07. The molecule has 1 aromatic rings. The van der Waals surface area contributed by atoms with Gasteiger partial charge in [-0.3, -0.25) is 0 Å². The summed E-state index contributed by atoms with van der Waals surface area (Å²) in [6.45, 7) is 2.70. The second kappa shape index (κ2) is 6.37. The lowest BCUT2D eigenvalue weighted by molar-refractivity contribution is 0.292. The number of hydrogen-bond donors (Lipinski definition) is 1. The fourth-order valence-corrected chi connectivity index (χ4v) is 1.82. The van der Waals surface area contributed by atoms with E-state index < -0.39 is 0 Å². The van der Waals surface area contributed by atoms with Crippen LogP contribution in [0.5, 0.6) is 11.5 Å². The average Bonchev–Trinajstić information content (AvgIpc) is 2.27. The van der Waals surface area contributed by atoms with E-state index in [4.69, 9.17) is 15.3 Å². The predicted molar refractivity (Wildman–Crippen MR) is 68.3 cm³/mol. The minimum Gasteiger partial charge on any atom is -0.493 e. The lowest BCUT2D eigenvalue weighted by Crippen LogP contribution is -2.00. The molecule has 0 radical (unpaired) electrons. The van der Waals surface area contributed by atoms with Gasteiger partial charge in [-0.05, 0) is 40.0 Å². The first-order chi connectivity index (χ1) is 7.72. The summed E-state index contributed by atoms with van der Waals surface area (Å²) in [7, 11) is 1.60. The molecule has 88 valence electrons. The van der Waals surface area contributed by atoms with Crippen LogP contribution in [-0.2, 0) is 0 Å². The molecule has 0 amide bonds. The molecule has 0 saturated heterocycles. The number of hydrogen-bond acceptors (Lipinski definition) is 4. The molecule has 0 spiro atoms. The summed E-state index contributed by atoms with van der Waals surface area (Å²) >= 11 is 3.43. The van der Waals surface area contributed by atoms with E-state index in [9.17, 15) is 0 Å². The van der Waals surface area contributed by atoms with Crippen molar-refractivity contribution in [3.63, 3.8) is 0 Å². The van der Waals surface area contributed by atoms with Gasteiger partial charge in [-0.1, -0.05) is 6.92 Å². The molecule has 0 aliphatic rings. The molecule has 0 saturated carbocycles. The van der Waals surface area contributed by atoms with E-state index in [-0.39, 0.29) is 0 Å². The van der Waals surface area contributed by atoms with Gasteiger partial charge in [0.15, 0.2) is 11.5 Å². The molecule has 1 rings (SSSR count). The van der Waals surface area contributed by atoms with Gasteiger partial charge in [0.25, 0.3) is 0 Å². The summed E-state index contributed by atoms with van der Waals surface area (Å²) in [4.78, 5) is 0. The van der Waals surface area contributed by atoms with Gasteiger partial charge in [0, 0.05) is 0 Å². The van der Waals surface area contributed by atoms with Crippen LogP contribution in [-0.4, -0.2) is 19.9 Å². The topological polar surface area (TPSA) is 56.8 Å². The van der Waals surface area contributed by atoms with Crippen molar-refractivity contribution in [2.45, 2.75) is 13.3 Å². The number of halogens is 1. The highest BCUT2D eigenvalue weighted by atomic mass is 79.9. The standard InChI is InChI=1S/C11H15BrN2O2/c1-3-4-16-11-9(12)5-8(7-14-13)6-10(11)15-2/h5-7H,3-4,13H2,1-2H3. The van der Waals surface area contributed by atoms with Crippen LogP contribution in [0.2, 0.25) is 0 Å². The second-order valence-electron chi connectivity index (χ2n) is 3.16. The Hall–Kier alpha value is -1.23. The zero-order valence-corrected chi connectivity index (χ0v) is 11.0. The Morgan fingerprint density at radius 2 is 2.25 bits per heavy atom. The van der Waals surface area contributed by atoms with Gasteiger partial charge in [-0.2, -0.15) is 5.10 Å². The molecule has 0 fully saturated rings. The monoisotopic (exact) mass is 286 g/mol. The van der Waals surface area contributed by atoms with E-state index >= 15 is 0 Å². The molecule has 16 heavy (non-hydrogen) atoms. The zero-order valence-electron chi connectivity index (χ0n) is 9.37. The van der Waals surface area contributed by atoms with E-state index in [1.54, 1.807) is 13.3 Å². The van der Waals surface area contributed by atoms with Gasteiger partial charge in [-0.25, -0.2) is 0 Å². The first-order valence-corrected chi connectivity index (χ1v) is 5.75. The summed E-state index contributed by atoms with van der Waals surface area (Å²) < 4.78 is 11.7. The Morgan fingerprint density at radius 3 is 2.81 bits per heavy atom. The number of methoxy groups -OCH3 is 1. The minimum absolute atomic E-state index is 0.652. The normalized spacial score (nSPS) is 10.7. The molecule has 0 aliphatic carbocycles. The molecule has 0 aliphatic heterocycles. The number of nitrogens with two attached hydrogens (primary N) is 1. The van der Waals surface area contributed by atoms with E-state index in [1.165, 1.54) is 0 Å². The number of ether oxygens (including phenoxy) is 2. The lowest BCUT2D eigenvalue weighted by Gasteiger charge is -2.12. The third-order valence-electron chi connectivity index (χ3n) is 1.93. The van der Waals surface area contributed by atoms with Crippen LogP contribution in [0.25, 0.3) is 0 Å². The summed E-state index contributed by atoms with van der Waals surface area (Å²) in [5, 5.41) is 3.47. The highest BCUT2D eigenvalue weighted by molar-refractivity contribution is 9.10. The van der Waals surface area contributed by atoms with E-state index in [1.807, 2.05) is 12.1 Å². The molecular weight excluding hydrogens is 272 g/mol. The fourth-order valence-electron chi connectivity index (χ4n) is 1.24.